The molecular weight excluding hydrogens is 329 g/mol. The van der Waals surface area contributed by atoms with Crippen LogP contribution < -0.4 is 10.1 Å². The van der Waals surface area contributed by atoms with Crippen molar-refractivity contribution in [2.24, 2.45) is 5.92 Å². The lowest BCUT2D eigenvalue weighted by molar-refractivity contribution is -0.153. The van der Waals surface area contributed by atoms with Gasteiger partial charge in [0.2, 0.25) is 0 Å². The molecule has 2 N–H and O–H groups in total. The Morgan fingerprint density at radius 1 is 1.42 bits per heavy atom. The van der Waals surface area contributed by atoms with Crippen molar-refractivity contribution in [3.05, 3.63) is 23.8 Å². The lowest BCUT2D eigenvalue weighted by Crippen LogP contribution is -2.33. The number of anilines is 1. The van der Waals surface area contributed by atoms with E-state index in [1.54, 1.807) is 6.92 Å². The van der Waals surface area contributed by atoms with Crippen LogP contribution in [0, 0.1) is 12.8 Å². The molecule has 1 aliphatic heterocycles. The third-order valence-electron chi connectivity index (χ3n) is 3.64. The van der Waals surface area contributed by atoms with Crippen molar-refractivity contribution in [1.82, 2.24) is 4.90 Å². The number of hydrogen-bond acceptors (Lipinski definition) is 3. The van der Waals surface area contributed by atoms with Crippen LogP contribution in [0.3, 0.4) is 0 Å². The van der Waals surface area contributed by atoms with Crippen LogP contribution in [0.5, 0.6) is 5.75 Å². The number of amides is 2. The maximum atomic E-state index is 12.2. The Hall–Kier alpha value is -2.45. The number of carbonyl (C=O) groups is 2. The van der Waals surface area contributed by atoms with Crippen LogP contribution in [0.2, 0.25) is 0 Å². The summed E-state index contributed by atoms with van der Waals surface area (Å²) in [5, 5.41) is 11.5. The van der Waals surface area contributed by atoms with Gasteiger partial charge in [-0.1, -0.05) is 0 Å². The molecule has 2 amide bonds. The van der Waals surface area contributed by atoms with Gasteiger partial charge in [-0.15, -0.1) is 0 Å². The van der Waals surface area contributed by atoms with Crippen LogP contribution in [-0.4, -0.2) is 47.9 Å². The number of aryl methyl sites for hydroxylation is 1. The zero-order valence-electron chi connectivity index (χ0n) is 12.9. The highest BCUT2D eigenvalue weighted by Crippen LogP contribution is 2.25. The molecule has 1 aromatic carbocycles. The fraction of sp³-hybridized carbons (Fsp3) is 0.467. The van der Waals surface area contributed by atoms with Gasteiger partial charge in [-0.05, 0) is 37.1 Å². The number of rotatable bonds is 4. The first-order chi connectivity index (χ1) is 11.2. The number of hydrogen-bond donors (Lipinski definition) is 2. The summed E-state index contributed by atoms with van der Waals surface area (Å²) >= 11 is 0. The number of nitrogens with zero attached hydrogens (tertiary/aromatic N) is 1. The van der Waals surface area contributed by atoms with E-state index in [9.17, 15) is 22.8 Å². The summed E-state index contributed by atoms with van der Waals surface area (Å²) in [5.74, 6) is -1.43. The quantitative estimate of drug-likeness (QED) is 0.879. The standard InChI is InChI=1S/C15H17F3N2O4/c1-9-6-11(2-3-12(9)24-8-15(16,17)18)19-14(23)20-5-4-10(7-20)13(21)22/h2-3,6,10H,4-5,7-8H2,1H3,(H,19,23)(H,21,22). The number of urea groups is 1. The molecule has 1 atom stereocenters. The van der Waals surface area contributed by atoms with Crippen LogP contribution >= 0.6 is 0 Å². The van der Waals surface area contributed by atoms with Crippen molar-refractivity contribution in [3.63, 3.8) is 0 Å². The summed E-state index contributed by atoms with van der Waals surface area (Å²) in [5.41, 5.74) is 0.845. The summed E-state index contributed by atoms with van der Waals surface area (Å²) in [6.07, 6.45) is -4.03. The smallest absolute Gasteiger partial charge is 0.422 e. The Kier molecular flexibility index (Phi) is 5.20. The number of carbonyl (C=O) groups excluding carboxylic acids is 1. The van der Waals surface area contributed by atoms with E-state index in [0.29, 0.717) is 24.2 Å². The van der Waals surface area contributed by atoms with Crippen molar-refractivity contribution in [2.75, 3.05) is 25.0 Å². The monoisotopic (exact) mass is 346 g/mol. The second kappa shape index (κ2) is 6.98. The normalized spacial score (nSPS) is 17.7. The largest absolute Gasteiger partial charge is 0.484 e. The molecule has 0 aromatic heterocycles. The molecule has 0 aliphatic carbocycles. The molecule has 9 heteroatoms. The van der Waals surface area contributed by atoms with Crippen LogP contribution in [0.25, 0.3) is 0 Å². The fourth-order valence-corrected chi connectivity index (χ4v) is 2.40. The Balaban J connectivity index is 1.95. The summed E-state index contributed by atoms with van der Waals surface area (Å²) in [4.78, 5) is 24.4. The van der Waals surface area contributed by atoms with Crippen molar-refractivity contribution in [2.45, 2.75) is 19.5 Å². The number of nitrogens with one attached hydrogen (secondary N) is 1. The number of carboxylic acid groups (broad SMARTS) is 1. The summed E-state index contributed by atoms with van der Waals surface area (Å²) in [6.45, 7) is 0.656. The first-order valence-electron chi connectivity index (χ1n) is 7.24. The van der Waals surface area contributed by atoms with Gasteiger partial charge < -0.3 is 20.1 Å². The minimum absolute atomic E-state index is 0.0810. The SMILES string of the molecule is Cc1cc(NC(=O)N2CCC(C(=O)O)C2)ccc1OCC(F)(F)F. The minimum Gasteiger partial charge on any atom is -0.484 e. The molecule has 2 rings (SSSR count). The predicted molar refractivity (Wildman–Crippen MR) is 79.1 cm³/mol. The molecule has 1 fully saturated rings. The highest BCUT2D eigenvalue weighted by Gasteiger charge is 2.31. The second-order valence-electron chi connectivity index (χ2n) is 5.58. The fourth-order valence-electron chi connectivity index (χ4n) is 2.40. The molecule has 1 aromatic rings. The predicted octanol–water partition coefficient (Wildman–Crippen LogP) is 2.87. The van der Waals surface area contributed by atoms with Gasteiger partial charge in [-0.3, -0.25) is 4.79 Å². The van der Waals surface area contributed by atoms with E-state index in [-0.39, 0.29) is 12.3 Å². The summed E-state index contributed by atoms with van der Waals surface area (Å²) in [7, 11) is 0. The maximum Gasteiger partial charge on any atom is 0.422 e. The number of alkyl halides is 3. The molecule has 24 heavy (non-hydrogen) atoms. The highest BCUT2D eigenvalue weighted by molar-refractivity contribution is 5.90. The lowest BCUT2D eigenvalue weighted by Gasteiger charge is -2.17. The number of benzene rings is 1. The second-order valence-corrected chi connectivity index (χ2v) is 5.58. The topological polar surface area (TPSA) is 78.9 Å². The van der Waals surface area contributed by atoms with Gasteiger partial charge >= 0.3 is 18.2 Å². The molecule has 6 nitrogen and oxygen atoms in total. The Bertz CT molecular complexity index is 634. The molecule has 0 spiro atoms. The molecule has 1 unspecified atom stereocenters. The minimum atomic E-state index is -4.42. The van der Waals surface area contributed by atoms with E-state index >= 15 is 0 Å². The summed E-state index contributed by atoms with van der Waals surface area (Å²) in [6, 6.07) is 3.83. The van der Waals surface area contributed by atoms with Gasteiger partial charge in [-0.2, -0.15) is 13.2 Å². The highest BCUT2D eigenvalue weighted by atomic mass is 19.4. The number of halogens is 3. The molecule has 0 saturated carbocycles. The van der Waals surface area contributed by atoms with E-state index in [2.05, 4.69) is 10.1 Å². The first-order valence-corrected chi connectivity index (χ1v) is 7.24. The average molecular weight is 346 g/mol. The zero-order chi connectivity index (χ0) is 17.9. The van der Waals surface area contributed by atoms with Gasteiger partial charge in [0.25, 0.3) is 0 Å². The molecule has 1 saturated heterocycles. The maximum absolute atomic E-state index is 12.2. The van der Waals surface area contributed by atoms with Crippen molar-refractivity contribution < 1.29 is 32.6 Å². The van der Waals surface area contributed by atoms with Gasteiger partial charge in [0, 0.05) is 18.8 Å². The van der Waals surface area contributed by atoms with E-state index in [1.807, 2.05) is 0 Å². The molecule has 1 aliphatic rings. The van der Waals surface area contributed by atoms with Crippen molar-refractivity contribution in [1.29, 1.82) is 0 Å². The zero-order valence-corrected chi connectivity index (χ0v) is 12.9. The average Bonchev–Trinajstić information content (AvgIpc) is 2.95. The Labute approximate surface area is 136 Å². The third kappa shape index (κ3) is 4.77. The molecule has 132 valence electrons. The first kappa shape index (κ1) is 17.9. The Morgan fingerprint density at radius 3 is 2.67 bits per heavy atom. The van der Waals surface area contributed by atoms with Crippen LogP contribution in [0.1, 0.15) is 12.0 Å². The van der Waals surface area contributed by atoms with Crippen molar-refractivity contribution >= 4 is 17.7 Å². The van der Waals surface area contributed by atoms with Gasteiger partial charge in [0.15, 0.2) is 6.61 Å². The number of ether oxygens (including phenoxy) is 1. The number of likely N-dealkylation sites (tertiary alicyclic amines) is 1. The third-order valence-corrected chi connectivity index (χ3v) is 3.64. The summed E-state index contributed by atoms with van der Waals surface area (Å²) < 4.78 is 41.2. The lowest BCUT2D eigenvalue weighted by atomic mass is 10.1. The van der Waals surface area contributed by atoms with Crippen LogP contribution in [0.4, 0.5) is 23.7 Å². The van der Waals surface area contributed by atoms with E-state index in [0.717, 1.165) is 0 Å². The molecular formula is C15H17F3N2O4. The van der Waals surface area contributed by atoms with Gasteiger partial charge in [0.05, 0.1) is 5.92 Å². The number of aliphatic carboxylic acids is 1. The van der Waals surface area contributed by atoms with Gasteiger partial charge in [0.1, 0.15) is 5.75 Å². The van der Waals surface area contributed by atoms with E-state index < -0.39 is 30.7 Å². The molecule has 0 bridgehead atoms. The molecule has 0 radical (unpaired) electrons. The van der Waals surface area contributed by atoms with Crippen LogP contribution in [-0.2, 0) is 4.79 Å². The van der Waals surface area contributed by atoms with E-state index in [4.69, 9.17) is 5.11 Å². The molecule has 1 heterocycles. The Morgan fingerprint density at radius 2 is 2.12 bits per heavy atom. The van der Waals surface area contributed by atoms with E-state index in [1.165, 1.54) is 23.1 Å². The van der Waals surface area contributed by atoms with Gasteiger partial charge in [-0.25, -0.2) is 4.79 Å². The van der Waals surface area contributed by atoms with Crippen molar-refractivity contribution in [3.8, 4) is 5.75 Å². The number of carboxylic acids is 1. The van der Waals surface area contributed by atoms with Crippen LogP contribution in [0.15, 0.2) is 18.2 Å².